The van der Waals surface area contributed by atoms with Gasteiger partial charge in [0, 0.05) is 30.4 Å². The highest BCUT2D eigenvalue weighted by Gasteiger charge is 2.25. The van der Waals surface area contributed by atoms with Crippen molar-refractivity contribution in [1.29, 1.82) is 0 Å². The Kier molecular flexibility index (Phi) is 6.82. The zero-order chi connectivity index (χ0) is 20.9. The average Bonchev–Trinajstić information content (AvgIpc) is 3.15. The lowest BCUT2D eigenvalue weighted by molar-refractivity contribution is -0.115. The Morgan fingerprint density at radius 2 is 1.73 bits per heavy atom. The number of anilines is 2. The monoisotopic (exact) mass is 428 g/mol. The number of hydrogen-bond donors (Lipinski definition) is 2. The Morgan fingerprint density at radius 1 is 1.07 bits per heavy atom. The van der Waals surface area contributed by atoms with Crippen LogP contribution in [0.25, 0.3) is 0 Å². The van der Waals surface area contributed by atoms with E-state index in [-0.39, 0.29) is 11.2 Å². The number of nitrogens with zero attached hydrogens (tertiary/aromatic N) is 4. The second kappa shape index (κ2) is 9.73. The van der Waals surface area contributed by atoms with Gasteiger partial charge in [-0.05, 0) is 63.3 Å². The van der Waals surface area contributed by atoms with Crippen LogP contribution in [0.5, 0.6) is 0 Å². The van der Waals surface area contributed by atoms with E-state index in [1.54, 1.807) is 4.68 Å². The van der Waals surface area contributed by atoms with Gasteiger partial charge in [-0.15, -0.1) is 10.2 Å². The molecule has 2 heterocycles. The molecule has 2 aromatic rings. The van der Waals surface area contributed by atoms with E-state index in [0.29, 0.717) is 11.1 Å². The highest BCUT2D eigenvalue weighted by molar-refractivity contribution is 8.00. The highest BCUT2D eigenvalue weighted by Crippen LogP contribution is 2.33. The van der Waals surface area contributed by atoms with Crippen LogP contribution in [0.1, 0.15) is 70.0 Å². The largest absolute Gasteiger partial charge is 0.372 e. The number of piperidine rings is 1. The molecule has 1 amide bonds. The maximum Gasteiger partial charge on any atom is 0.237 e. The lowest BCUT2D eigenvalue weighted by Gasteiger charge is -2.28. The van der Waals surface area contributed by atoms with E-state index >= 15 is 0 Å². The molecule has 1 aliphatic heterocycles. The number of amides is 1. The number of nitrogens with two attached hydrogens (primary N) is 1. The standard InChI is InChI=1S/C22H32N6OS/c1-16(30-22-26-25-20(28(22)23)17-8-4-2-5-9-17)21(29)24-18-10-12-19(13-11-18)27-14-6-3-7-15-27/h10-13,16-17H,2-9,14-15,23H2,1H3,(H,24,29). The van der Waals surface area contributed by atoms with Gasteiger partial charge in [-0.3, -0.25) is 4.79 Å². The summed E-state index contributed by atoms with van der Waals surface area (Å²) in [5.74, 6) is 7.42. The van der Waals surface area contributed by atoms with E-state index in [0.717, 1.165) is 37.4 Å². The molecule has 8 heteroatoms. The van der Waals surface area contributed by atoms with Crippen molar-refractivity contribution in [2.75, 3.05) is 29.1 Å². The Bertz CT molecular complexity index is 840. The van der Waals surface area contributed by atoms with E-state index in [9.17, 15) is 4.79 Å². The summed E-state index contributed by atoms with van der Waals surface area (Å²) in [7, 11) is 0. The van der Waals surface area contributed by atoms with Gasteiger partial charge in [-0.25, -0.2) is 4.68 Å². The Hall–Kier alpha value is -2.22. The molecule has 2 aliphatic rings. The number of carbonyl (C=O) groups is 1. The molecule has 1 aromatic carbocycles. The molecule has 0 radical (unpaired) electrons. The predicted molar refractivity (Wildman–Crippen MR) is 122 cm³/mol. The first-order chi connectivity index (χ1) is 14.6. The molecule has 7 nitrogen and oxygen atoms in total. The van der Waals surface area contributed by atoms with Crippen LogP contribution in [0.4, 0.5) is 11.4 Å². The summed E-state index contributed by atoms with van der Waals surface area (Å²) in [6, 6.07) is 8.13. The summed E-state index contributed by atoms with van der Waals surface area (Å²) < 4.78 is 1.58. The molecule has 0 bridgehead atoms. The zero-order valence-electron chi connectivity index (χ0n) is 17.7. The first-order valence-electron chi connectivity index (χ1n) is 11.1. The van der Waals surface area contributed by atoms with Gasteiger partial charge >= 0.3 is 0 Å². The SMILES string of the molecule is CC(Sc1nnc(C2CCCCC2)n1N)C(=O)Nc1ccc(N2CCCCC2)cc1. The van der Waals surface area contributed by atoms with Gasteiger partial charge in [-0.1, -0.05) is 31.0 Å². The minimum absolute atomic E-state index is 0.0621. The quantitative estimate of drug-likeness (QED) is 0.531. The van der Waals surface area contributed by atoms with Gasteiger partial charge in [0.05, 0.1) is 5.25 Å². The predicted octanol–water partition coefficient (Wildman–Crippen LogP) is 4.15. The van der Waals surface area contributed by atoms with Crippen LogP contribution < -0.4 is 16.1 Å². The summed E-state index contributed by atoms with van der Waals surface area (Å²) in [4.78, 5) is 15.1. The van der Waals surface area contributed by atoms with Crippen molar-refractivity contribution >= 4 is 29.0 Å². The number of aromatic nitrogens is 3. The van der Waals surface area contributed by atoms with Crippen molar-refractivity contribution in [1.82, 2.24) is 14.9 Å². The highest BCUT2D eigenvalue weighted by atomic mass is 32.2. The van der Waals surface area contributed by atoms with Crippen molar-refractivity contribution < 1.29 is 4.79 Å². The van der Waals surface area contributed by atoms with Crippen LogP contribution in [0.15, 0.2) is 29.4 Å². The molecule has 1 aliphatic carbocycles. The summed E-state index contributed by atoms with van der Waals surface area (Å²) in [5.41, 5.74) is 2.03. The third-order valence-corrected chi connectivity index (χ3v) is 7.23. The molecular weight excluding hydrogens is 396 g/mol. The molecule has 1 unspecified atom stereocenters. The third kappa shape index (κ3) is 4.91. The second-order valence-electron chi connectivity index (χ2n) is 8.39. The number of benzene rings is 1. The van der Waals surface area contributed by atoms with Crippen molar-refractivity contribution in [3.05, 3.63) is 30.1 Å². The molecule has 0 spiro atoms. The average molecular weight is 429 g/mol. The third-order valence-electron chi connectivity index (χ3n) is 6.17. The van der Waals surface area contributed by atoms with Crippen LogP contribution in [-0.2, 0) is 4.79 Å². The van der Waals surface area contributed by atoms with Crippen LogP contribution in [0, 0.1) is 0 Å². The number of nitrogens with one attached hydrogen (secondary N) is 1. The fourth-order valence-corrected chi connectivity index (χ4v) is 5.15. The zero-order valence-corrected chi connectivity index (χ0v) is 18.5. The van der Waals surface area contributed by atoms with Crippen LogP contribution >= 0.6 is 11.8 Å². The topological polar surface area (TPSA) is 89.1 Å². The first-order valence-corrected chi connectivity index (χ1v) is 12.0. The molecule has 2 fully saturated rings. The molecule has 3 N–H and O–H groups in total. The number of nitrogen functional groups attached to an aromatic ring is 1. The molecule has 1 aromatic heterocycles. The van der Waals surface area contributed by atoms with Gasteiger partial charge in [0.2, 0.25) is 11.1 Å². The van der Waals surface area contributed by atoms with Crippen LogP contribution in [-0.4, -0.2) is 39.1 Å². The van der Waals surface area contributed by atoms with Gasteiger partial charge < -0.3 is 16.1 Å². The smallest absolute Gasteiger partial charge is 0.237 e. The maximum absolute atomic E-state index is 12.7. The lowest BCUT2D eigenvalue weighted by atomic mass is 9.89. The Labute approximate surface area is 182 Å². The molecule has 1 atom stereocenters. The van der Waals surface area contributed by atoms with Gasteiger partial charge in [-0.2, -0.15) is 0 Å². The van der Waals surface area contributed by atoms with E-state index in [1.165, 1.54) is 56.0 Å². The molecule has 1 saturated heterocycles. The Morgan fingerprint density at radius 3 is 2.43 bits per heavy atom. The molecule has 4 rings (SSSR count). The van der Waals surface area contributed by atoms with Gasteiger partial charge in [0.1, 0.15) is 0 Å². The van der Waals surface area contributed by atoms with Gasteiger partial charge in [0.15, 0.2) is 5.82 Å². The molecule has 162 valence electrons. The van der Waals surface area contributed by atoms with Crippen LogP contribution in [0.2, 0.25) is 0 Å². The van der Waals surface area contributed by atoms with E-state index in [2.05, 4.69) is 32.5 Å². The maximum atomic E-state index is 12.7. The lowest BCUT2D eigenvalue weighted by Crippen LogP contribution is -2.29. The summed E-state index contributed by atoms with van der Waals surface area (Å²) >= 11 is 1.35. The van der Waals surface area contributed by atoms with Crippen molar-refractivity contribution in [3.8, 4) is 0 Å². The summed E-state index contributed by atoms with van der Waals surface area (Å²) in [6.45, 7) is 4.10. The van der Waals surface area contributed by atoms with E-state index in [1.807, 2.05) is 19.1 Å². The number of carbonyl (C=O) groups excluding carboxylic acids is 1. The normalized spacial score (nSPS) is 18.9. The minimum Gasteiger partial charge on any atom is -0.372 e. The number of thioether (sulfide) groups is 1. The fraction of sp³-hybridized carbons (Fsp3) is 0.591. The first kappa shape index (κ1) is 21.0. The van der Waals surface area contributed by atoms with Crippen molar-refractivity contribution in [2.45, 2.75) is 74.6 Å². The number of hydrogen-bond acceptors (Lipinski definition) is 6. The van der Waals surface area contributed by atoms with Crippen LogP contribution in [0.3, 0.4) is 0 Å². The molecule has 30 heavy (non-hydrogen) atoms. The van der Waals surface area contributed by atoms with Crippen molar-refractivity contribution in [2.24, 2.45) is 0 Å². The summed E-state index contributed by atoms with van der Waals surface area (Å²) in [5, 5.41) is 11.8. The van der Waals surface area contributed by atoms with Gasteiger partial charge in [0.25, 0.3) is 0 Å². The van der Waals surface area contributed by atoms with Crippen molar-refractivity contribution in [3.63, 3.8) is 0 Å². The Balaban J connectivity index is 1.33. The summed E-state index contributed by atoms with van der Waals surface area (Å²) in [6.07, 6.45) is 9.77. The minimum atomic E-state index is -0.322. The van der Waals surface area contributed by atoms with E-state index < -0.39 is 0 Å². The molecule has 1 saturated carbocycles. The van der Waals surface area contributed by atoms with E-state index in [4.69, 9.17) is 5.84 Å². The molecular formula is C22H32N6OS. The second-order valence-corrected chi connectivity index (χ2v) is 9.70. The fourth-order valence-electron chi connectivity index (χ4n) is 4.37. The number of rotatable bonds is 6.